The normalized spacial score (nSPS) is 12.6. The third-order valence-electron chi connectivity index (χ3n) is 5.56. The lowest BCUT2D eigenvalue weighted by Gasteiger charge is -2.34. The van der Waals surface area contributed by atoms with Crippen LogP contribution in [0.15, 0.2) is 77.8 Å². The number of nitrogens with one attached hydrogen (secondary N) is 1. The van der Waals surface area contributed by atoms with Crippen molar-refractivity contribution in [2.75, 3.05) is 5.32 Å². The molecule has 4 aromatic rings. The molecule has 0 saturated heterocycles. The van der Waals surface area contributed by atoms with Crippen molar-refractivity contribution in [3.05, 3.63) is 78.5 Å². The molecule has 0 unspecified atom stereocenters. The largest absolute Gasteiger partial charge is 0.379 e. The molecule has 2 aromatic heterocycles. The number of pyridine rings is 1. The van der Waals surface area contributed by atoms with Crippen LogP contribution in [0, 0.1) is 12.3 Å². The first-order chi connectivity index (χ1) is 16.3. The van der Waals surface area contributed by atoms with Crippen molar-refractivity contribution in [3.63, 3.8) is 0 Å². The Kier molecular flexibility index (Phi) is 6.40. The van der Waals surface area contributed by atoms with E-state index in [1.165, 1.54) is 12.1 Å². The Labute approximate surface area is 208 Å². The Morgan fingerprint density at radius 3 is 2.34 bits per heavy atom. The Morgan fingerprint density at radius 1 is 0.943 bits per heavy atom. The number of nitrogens with zero attached hydrogens (tertiary/aromatic N) is 2. The van der Waals surface area contributed by atoms with Gasteiger partial charge in [-0.05, 0) is 74.6 Å². The average Bonchev–Trinajstić information content (AvgIpc) is 3.09. The number of fused-ring (bicyclic) bond motifs is 1. The topological polar surface area (TPSA) is 72.7 Å². The summed E-state index contributed by atoms with van der Waals surface area (Å²) in [5.41, 5.74) is 3.35. The van der Waals surface area contributed by atoms with Crippen LogP contribution < -0.4 is 9.50 Å². The van der Waals surface area contributed by atoms with Crippen LogP contribution in [0.4, 0.5) is 5.82 Å². The molecule has 184 valence electrons. The van der Waals surface area contributed by atoms with Crippen LogP contribution in [0.2, 0.25) is 0 Å². The molecule has 0 amide bonds. The van der Waals surface area contributed by atoms with E-state index in [1.807, 2.05) is 35.7 Å². The predicted molar refractivity (Wildman–Crippen MR) is 141 cm³/mol. The minimum Gasteiger partial charge on any atom is -0.379 e. The van der Waals surface area contributed by atoms with E-state index in [4.69, 9.17) is 9.17 Å². The minimum absolute atomic E-state index is 0.111. The molecule has 2 aromatic carbocycles. The summed E-state index contributed by atoms with van der Waals surface area (Å²) in [5.74, 6) is 1.09. The number of imidazole rings is 1. The van der Waals surface area contributed by atoms with E-state index in [2.05, 4.69) is 39.9 Å². The molecular weight excluding hydrogens is 458 g/mol. The summed E-state index contributed by atoms with van der Waals surface area (Å²) in [6.07, 6.45) is 2.95. The molecule has 7 heteroatoms. The maximum atomic E-state index is 12.8. The zero-order valence-corrected chi connectivity index (χ0v) is 22.0. The fourth-order valence-electron chi connectivity index (χ4n) is 4.62. The van der Waals surface area contributed by atoms with Gasteiger partial charge in [0.2, 0.25) is 0 Å². The molecule has 0 aliphatic carbocycles. The highest BCUT2D eigenvalue weighted by atomic mass is 32.2. The van der Waals surface area contributed by atoms with E-state index < -0.39 is 10.1 Å². The fraction of sp³-hybridized carbons (Fsp3) is 0.321. The Hall–Kier alpha value is -3.32. The molecule has 6 nitrogen and oxygen atoms in total. The molecule has 0 atom stereocenters. The van der Waals surface area contributed by atoms with Gasteiger partial charge in [0.15, 0.2) is 0 Å². The second-order valence-electron chi connectivity index (χ2n) is 10.9. The van der Waals surface area contributed by atoms with Gasteiger partial charge in [-0.1, -0.05) is 51.1 Å². The zero-order valence-electron chi connectivity index (χ0n) is 21.2. The smallest absolute Gasteiger partial charge is 0.339 e. The van der Waals surface area contributed by atoms with Gasteiger partial charge in [0, 0.05) is 17.3 Å². The van der Waals surface area contributed by atoms with Crippen molar-refractivity contribution >= 4 is 21.6 Å². The summed E-state index contributed by atoms with van der Waals surface area (Å²) in [4.78, 5) is 5.03. The minimum atomic E-state index is -3.94. The lowest BCUT2D eigenvalue weighted by Crippen LogP contribution is -2.36. The molecule has 1 N–H and O–H groups in total. The quantitative estimate of drug-likeness (QED) is 0.291. The van der Waals surface area contributed by atoms with E-state index in [-0.39, 0.29) is 21.6 Å². The molecule has 2 heterocycles. The van der Waals surface area contributed by atoms with E-state index in [1.54, 1.807) is 36.4 Å². The predicted octanol–water partition coefficient (Wildman–Crippen LogP) is 6.70. The van der Waals surface area contributed by atoms with Crippen molar-refractivity contribution < 1.29 is 12.6 Å². The van der Waals surface area contributed by atoms with Crippen LogP contribution in [0.25, 0.3) is 16.9 Å². The van der Waals surface area contributed by atoms with Gasteiger partial charge in [0.05, 0.1) is 0 Å². The van der Waals surface area contributed by atoms with Crippen molar-refractivity contribution in [2.24, 2.45) is 5.41 Å². The van der Waals surface area contributed by atoms with Gasteiger partial charge in [-0.15, -0.1) is 0 Å². The lowest BCUT2D eigenvalue weighted by atomic mass is 9.82. The Morgan fingerprint density at radius 2 is 1.66 bits per heavy atom. The van der Waals surface area contributed by atoms with Crippen molar-refractivity contribution in [2.45, 2.75) is 58.4 Å². The highest BCUT2D eigenvalue weighted by Crippen LogP contribution is 2.36. The Bertz CT molecular complexity index is 1450. The van der Waals surface area contributed by atoms with Gasteiger partial charge in [-0.25, -0.2) is 4.98 Å². The zero-order chi connectivity index (χ0) is 25.4. The summed E-state index contributed by atoms with van der Waals surface area (Å²) in [6, 6.07) is 19.3. The second kappa shape index (κ2) is 9.04. The first-order valence-corrected chi connectivity index (χ1v) is 13.1. The fourth-order valence-corrected chi connectivity index (χ4v) is 5.56. The number of anilines is 1. The van der Waals surface area contributed by atoms with Crippen molar-refractivity contribution in [1.29, 1.82) is 0 Å². The summed E-state index contributed by atoms with van der Waals surface area (Å²) in [7, 11) is -3.94. The first-order valence-electron chi connectivity index (χ1n) is 11.7. The van der Waals surface area contributed by atoms with Gasteiger partial charge in [-0.3, -0.25) is 4.40 Å². The summed E-state index contributed by atoms with van der Waals surface area (Å²) in [5, 5.41) is 3.72. The van der Waals surface area contributed by atoms with Gasteiger partial charge in [0.25, 0.3) is 0 Å². The van der Waals surface area contributed by atoms with E-state index >= 15 is 0 Å². The molecule has 4 rings (SSSR count). The third-order valence-corrected chi connectivity index (χ3v) is 6.82. The molecule has 0 fully saturated rings. The van der Waals surface area contributed by atoms with Crippen LogP contribution in [0.3, 0.4) is 0 Å². The molecule has 0 saturated carbocycles. The van der Waals surface area contributed by atoms with Crippen molar-refractivity contribution in [1.82, 2.24) is 9.38 Å². The Balaban J connectivity index is 1.76. The molecular formula is C28H33N3O3S. The maximum absolute atomic E-state index is 12.8. The van der Waals surface area contributed by atoms with E-state index in [0.717, 1.165) is 34.7 Å². The number of hydrogen-bond acceptors (Lipinski definition) is 5. The molecule has 0 aliphatic heterocycles. The SMILES string of the molecule is Cc1ccn2c(NC(C)(C)CC(C)(C)C)c(-c3cccc(OS(=O)(=O)c4ccccc4)c3)nc2c1. The summed E-state index contributed by atoms with van der Waals surface area (Å²) in [6.45, 7) is 13.1. The number of aryl methyl sites for hydroxylation is 1. The number of benzene rings is 2. The van der Waals surface area contributed by atoms with Crippen molar-refractivity contribution in [3.8, 4) is 17.0 Å². The van der Waals surface area contributed by atoms with E-state index in [9.17, 15) is 8.42 Å². The lowest BCUT2D eigenvalue weighted by molar-refractivity contribution is 0.302. The summed E-state index contributed by atoms with van der Waals surface area (Å²) >= 11 is 0. The van der Waals surface area contributed by atoms with E-state index in [0.29, 0.717) is 0 Å². The number of aromatic nitrogens is 2. The van der Waals surface area contributed by atoms with Gasteiger partial charge in [-0.2, -0.15) is 8.42 Å². The summed E-state index contributed by atoms with van der Waals surface area (Å²) < 4.78 is 33.0. The monoisotopic (exact) mass is 491 g/mol. The molecule has 0 radical (unpaired) electrons. The second-order valence-corrected chi connectivity index (χ2v) is 12.4. The molecule has 0 aliphatic rings. The van der Waals surface area contributed by atoms with Crippen LogP contribution >= 0.6 is 0 Å². The van der Waals surface area contributed by atoms with Crippen LogP contribution in [0.5, 0.6) is 5.75 Å². The van der Waals surface area contributed by atoms with Crippen LogP contribution in [-0.4, -0.2) is 23.3 Å². The van der Waals surface area contributed by atoms with Gasteiger partial charge < -0.3 is 9.50 Å². The highest BCUT2D eigenvalue weighted by Gasteiger charge is 2.28. The number of rotatable bonds is 7. The van der Waals surface area contributed by atoms with Gasteiger partial charge >= 0.3 is 10.1 Å². The first kappa shape index (κ1) is 24.8. The average molecular weight is 492 g/mol. The van der Waals surface area contributed by atoms with Crippen LogP contribution in [0.1, 0.15) is 46.6 Å². The van der Waals surface area contributed by atoms with Crippen LogP contribution in [-0.2, 0) is 10.1 Å². The molecule has 35 heavy (non-hydrogen) atoms. The molecule has 0 bridgehead atoms. The highest BCUT2D eigenvalue weighted by molar-refractivity contribution is 7.87. The van der Waals surface area contributed by atoms with Gasteiger partial charge in [0.1, 0.15) is 27.8 Å². The third kappa shape index (κ3) is 5.85. The standard InChI is InChI=1S/C28H33N3O3S/c1-20-15-16-31-24(17-20)29-25(26(31)30-28(5,6)19-27(2,3)4)21-11-10-12-22(18-21)34-35(32,33)23-13-8-7-9-14-23/h7-18,30H,19H2,1-6H3. The molecule has 0 spiro atoms. The number of hydrogen-bond donors (Lipinski definition) is 1. The maximum Gasteiger partial charge on any atom is 0.339 e.